The van der Waals surface area contributed by atoms with Crippen molar-refractivity contribution in [1.29, 1.82) is 0 Å². The van der Waals surface area contributed by atoms with E-state index in [0.29, 0.717) is 6.61 Å². The van der Waals surface area contributed by atoms with E-state index in [-0.39, 0.29) is 12.5 Å². The van der Waals surface area contributed by atoms with Crippen LogP contribution in [0.5, 0.6) is 0 Å². The van der Waals surface area contributed by atoms with E-state index < -0.39 is 0 Å². The minimum Gasteiger partial charge on any atom is -0.372 e. The third kappa shape index (κ3) is 7.67. The van der Waals surface area contributed by atoms with Gasteiger partial charge in [-0.1, -0.05) is 20.8 Å². The van der Waals surface area contributed by atoms with E-state index in [4.69, 9.17) is 4.74 Å². The largest absolute Gasteiger partial charge is 0.372 e. The number of carbonyl (C=O) groups excluding carboxylic acids is 1. The number of hydrogen-bond donors (Lipinski definition) is 0. The number of ether oxygens (including phenoxy) is 1. The SMILES string of the molecule is CCCOCC(=O)N(CC)CCCN(CC)CC. The molecule has 4 heteroatoms. The van der Waals surface area contributed by atoms with Crippen molar-refractivity contribution >= 4 is 5.91 Å². The fourth-order valence-electron chi connectivity index (χ4n) is 1.88. The number of nitrogens with zero attached hydrogens (tertiary/aromatic N) is 2. The summed E-state index contributed by atoms with van der Waals surface area (Å²) in [5, 5.41) is 0. The molecule has 0 aromatic rings. The first-order chi connectivity index (χ1) is 8.69. The van der Waals surface area contributed by atoms with Crippen molar-refractivity contribution in [2.24, 2.45) is 0 Å². The van der Waals surface area contributed by atoms with Crippen LogP contribution in [0.25, 0.3) is 0 Å². The van der Waals surface area contributed by atoms with Gasteiger partial charge in [-0.2, -0.15) is 0 Å². The quantitative estimate of drug-likeness (QED) is 0.531. The first kappa shape index (κ1) is 17.4. The average molecular weight is 258 g/mol. The second kappa shape index (κ2) is 11.5. The van der Waals surface area contributed by atoms with Gasteiger partial charge in [0.2, 0.25) is 5.91 Å². The lowest BCUT2D eigenvalue weighted by Gasteiger charge is -2.23. The molecule has 0 bridgehead atoms. The standard InChI is InChI=1S/C14H30N2O2/c1-5-12-18-13-14(17)16(8-4)11-9-10-15(6-2)7-3/h5-13H2,1-4H3. The topological polar surface area (TPSA) is 32.8 Å². The van der Waals surface area contributed by atoms with Gasteiger partial charge in [-0.25, -0.2) is 0 Å². The van der Waals surface area contributed by atoms with E-state index in [1.54, 1.807) is 0 Å². The van der Waals surface area contributed by atoms with Crippen molar-refractivity contribution in [3.63, 3.8) is 0 Å². The van der Waals surface area contributed by atoms with Gasteiger partial charge >= 0.3 is 0 Å². The van der Waals surface area contributed by atoms with Crippen molar-refractivity contribution in [2.75, 3.05) is 45.9 Å². The highest BCUT2D eigenvalue weighted by Gasteiger charge is 2.11. The minimum absolute atomic E-state index is 0.116. The normalized spacial score (nSPS) is 10.9. The Hall–Kier alpha value is -0.610. The Bertz CT molecular complexity index is 206. The Kier molecular flexibility index (Phi) is 11.1. The third-order valence-corrected chi connectivity index (χ3v) is 3.11. The van der Waals surface area contributed by atoms with Crippen molar-refractivity contribution < 1.29 is 9.53 Å². The van der Waals surface area contributed by atoms with Crippen molar-refractivity contribution in [2.45, 2.75) is 40.5 Å². The zero-order valence-corrected chi connectivity index (χ0v) is 12.6. The molecule has 0 spiro atoms. The molecule has 0 aliphatic rings. The summed E-state index contributed by atoms with van der Waals surface area (Å²) < 4.78 is 5.30. The summed E-state index contributed by atoms with van der Waals surface area (Å²) in [7, 11) is 0. The molecule has 4 nitrogen and oxygen atoms in total. The molecule has 0 heterocycles. The van der Waals surface area contributed by atoms with Crippen molar-refractivity contribution in [3.05, 3.63) is 0 Å². The van der Waals surface area contributed by atoms with Crippen LogP contribution in [-0.2, 0) is 9.53 Å². The molecule has 0 aliphatic heterocycles. The maximum Gasteiger partial charge on any atom is 0.248 e. The summed E-state index contributed by atoms with van der Waals surface area (Å²) in [6.45, 7) is 14.1. The van der Waals surface area contributed by atoms with Crippen LogP contribution >= 0.6 is 0 Å². The summed E-state index contributed by atoms with van der Waals surface area (Å²) >= 11 is 0. The summed E-state index contributed by atoms with van der Waals surface area (Å²) in [5.74, 6) is 0.116. The number of rotatable bonds is 11. The number of likely N-dealkylation sites (N-methyl/N-ethyl adjacent to an activating group) is 1. The van der Waals surface area contributed by atoms with Gasteiger partial charge in [0.05, 0.1) is 0 Å². The third-order valence-electron chi connectivity index (χ3n) is 3.11. The molecule has 0 unspecified atom stereocenters. The van der Waals surface area contributed by atoms with E-state index in [1.165, 1.54) is 0 Å². The maximum atomic E-state index is 11.9. The Balaban J connectivity index is 3.84. The van der Waals surface area contributed by atoms with Crippen molar-refractivity contribution in [1.82, 2.24) is 9.80 Å². The molecular formula is C14H30N2O2. The van der Waals surface area contributed by atoms with Crippen LogP contribution in [0, 0.1) is 0 Å². The van der Waals surface area contributed by atoms with E-state index in [0.717, 1.165) is 45.6 Å². The number of carbonyl (C=O) groups is 1. The number of amides is 1. The fraction of sp³-hybridized carbons (Fsp3) is 0.929. The molecule has 0 aromatic carbocycles. The molecular weight excluding hydrogens is 228 g/mol. The highest BCUT2D eigenvalue weighted by molar-refractivity contribution is 5.77. The molecule has 0 saturated carbocycles. The predicted octanol–water partition coefficient (Wildman–Crippen LogP) is 1.99. The molecule has 0 radical (unpaired) electrons. The molecule has 0 fully saturated rings. The van der Waals surface area contributed by atoms with E-state index in [1.807, 2.05) is 18.7 Å². The van der Waals surface area contributed by atoms with Gasteiger partial charge in [0.15, 0.2) is 0 Å². The lowest BCUT2D eigenvalue weighted by Crippen LogP contribution is -2.36. The molecule has 0 aromatic heterocycles. The van der Waals surface area contributed by atoms with Gasteiger partial charge in [-0.15, -0.1) is 0 Å². The van der Waals surface area contributed by atoms with E-state index >= 15 is 0 Å². The van der Waals surface area contributed by atoms with Crippen LogP contribution in [0.2, 0.25) is 0 Å². The Morgan fingerprint density at radius 3 is 2.17 bits per heavy atom. The molecule has 18 heavy (non-hydrogen) atoms. The summed E-state index contributed by atoms with van der Waals surface area (Å²) in [4.78, 5) is 16.1. The predicted molar refractivity (Wildman–Crippen MR) is 75.8 cm³/mol. The molecule has 1 amide bonds. The smallest absolute Gasteiger partial charge is 0.248 e. The fourth-order valence-corrected chi connectivity index (χ4v) is 1.88. The van der Waals surface area contributed by atoms with Gasteiger partial charge in [-0.3, -0.25) is 4.79 Å². The van der Waals surface area contributed by atoms with Gasteiger partial charge < -0.3 is 14.5 Å². The monoisotopic (exact) mass is 258 g/mol. The van der Waals surface area contributed by atoms with E-state index in [9.17, 15) is 4.79 Å². The molecule has 0 rings (SSSR count). The second-order valence-corrected chi connectivity index (χ2v) is 4.41. The lowest BCUT2D eigenvalue weighted by molar-refractivity contribution is -0.136. The maximum absolute atomic E-state index is 11.9. The van der Waals surface area contributed by atoms with Gasteiger partial charge in [-0.05, 0) is 39.4 Å². The van der Waals surface area contributed by atoms with Gasteiger partial charge in [0.25, 0.3) is 0 Å². The molecule has 0 aliphatic carbocycles. The van der Waals surface area contributed by atoms with Crippen LogP contribution in [0.3, 0.4) is 0 Å². The molecule has 0 saturated heterocycles. The Morgan fingerprint density at radius 1 is 1.00 bits per heavy atom. The highest BCUT2D eigenvalue weighted by atomic mass is 16.5. The first-order valence-electron chi connectivity index (χ1n) is 7.27. The van der Waals surface area contributed by atoms with Gasteiger partial charge in [0.1, 0.15) is 6.61 Å². The summed E-state index contributed by atoms with van der Waals surface area (Å²) in [6.07, 6.45) is 2.00. The zero-order valence-electron chi connectivity index (χ0n) is 12.6. The number of hydrogen-bond acceptors (Lipinski definition) is 3. The minimum atomic E-state index is 0.116. The van der Waals surface area contributed by atoms with E-state index in [2.05, 4.69) is 18.7 Å². The summed E-state index contributed by atoms with van der Waals surface area (Å²) in [6, 6.07) is 0. The first-order valence-corrected chi connectivity index (χ1v) is 7.27. The van der Waals surface area contributed by atoms with Crippen LogP contribution in [-0.4, -0.2) is 61.6 Å². The highest BCUT2D eigenvalue weighted by Crippen LogP contribution is 1.97. The molecule has 108 valence electrons. The Labute approximate surface area is 112 Å². The van der Waals surface area contributed by atoms with Crippen molar-refractivity contribution in [3.8, 4) is 0 Å². The Morgan fingerprint density at radius 2 is 1.67 bits per heavy atom. The van der Waals surface area contributed by atoms with Crippen LogP contribution < -0.4 is 0 Å². The zero-order chi connectivity index (χ0) is 13.8. The average Bonchev–Trinajstić information content (AvgIpc) is 2.39. The van der Waals surface area contributed by atoms with Crippen LogP contribution in [0.4, 0.5) is 0 Å². The van der Waals surface area contributed by atoms with Gasteiger partial charge in [0, 0.05) is 19.7 Å². The lowest BCUT2D eigenvalue weighted by atomic mass is 10.3. The summed E-state index contributed by atoms with van der Waals surface area (Å²) in [5.41, 5.74) is 0. The van der Waals surface area contributed by atoms with Crippen LogP contribution in [0.1, 0.15) is 40.5 Å². The molecule has 0 N–H and O–H groups in total. The molecule has 0 atom stereocenters. The second-order valence-electron chi connectivity index (χ2n) is 4.41. The van der Waals surface area contributed by atoms with Crippen LogP contribution in [0.15, 0.2) is 0 Å².